The SMILES string of the molecule is N#Cc1ccccc1N1CCCN(S(=O)(=O)c2ccccc2)CC1. The normalized spacial score (nSPS) is 16.4. The molecule has 5 nitrogen and oxygen atoms in total. The van der Waals surface area contributed by atoms with Crippen LogP contribution in [0.25, 0.3) is 0 Å². The van der Waals surface area contributed by atoms with Crippen molar-refractivity contribution in [1.82, 2.24) is 4.31 Å². The molecule has 3 rings (SSSR count). The molecule has 2 aromatic carbocycles. The van der Waals surface area contributed by atoms with Gasteiger partial charge in [0.05, 0.1) is 16.1 Å². The predicted molar refractivity (Wildman–Crippen MR) is 93.2 cm³/mol. The van der Waals surface area contributed by atoms with Crippen molar-refractivity contribution >= 4 is 15.7 Å². The van der Waals surface area contributed by atoms with Gasteiger partial charge in [-0.1, -0.05) is 30.3 Å². The molecule has 1 heterocycles. The highest BCUT2D eigenvalue weighted by Crippen LogP contribution is 2.23. The van der Waals surface area contributed by atoms with Crippen molar-refractivity contribution < 1.29 is 8.42 Å². The van der Waals surface area contributed by atoms with E-state index in [1.54, 1.807) is 30.3 Å². The molecular formula is C18H19N3O2S. The van der Waals surface area contributed by atoms with Gasteiger partial charge in [-0.25, -0.2) is 8.42 Å². The number of para-hydroxylation sites is 1. The molecule has 124 valence electrons. The molecule has 0 bridgehead atoms. The van der Waals surface area contributed by atoms with Crippen LogP contribution in [0, 0.1) is 11.3 Å². The topological polar surface area (TPSA) is 64.4 Å². The average Bonchev–Trinajstić information content (AvgIpc) is 2.89. The van der Waals surface area contributed by atoms with Crippen LogP contribution in [0.15, 0.2) is 59.5 Å². The predicted octanol–water partition coefficient (Wildman–Crippen LogP) is 2.46. The van der Waals surface area contributed by atoms with E-state index >= 15 is 0 Å². The molecule has 1 aliphatic rings. The Bertz CT molecular complexity index is 844. The number of sulfonamides is 1. The highest BCUT2D eigenvalue weighted by molar-refractivity contribution is 7.89. The van der Waals surface area contributed by atoms with E-state index in [1.807, 2.05) is 24.3 Å². The van der Waals surface area contributed by atoms with Crippen LogP contribution in [0.1, 0.15) is 12.0 Å². The molecule has 6 heteroatoms. The molecular weight excluding hydrogens is 322 g/mol. The van der Waals surface area contributed by atoms with Gasteiger partial charge in [-0.2, -0.15) is 9.57 Å². The van der Waals surface area contributed by atoms with E-state index < -0.39 is 10.0 Å². The second-order valence-electron chi connectivity index (χ2n) is 5.69. The van der Waals surface area contributed by atoms with Gasteiger partial charge in [-0.3, -0.25) is 0 Å². The van der Waals surface area contributed by atoms with Gasteiger partial charge in [0, 0.05) is 26.2 Å². The summed E-state index contributed by atoms with van der Waals surface area (Å²) in [6, 6.07) is 18.2. The van der Waals surface area contributed by atoms with Crippen molar-refractivity contribution in [1.29, 1.82) is 5.26 Å². The minimum Gasteiger partial charge on any atom is -0.369 e. The number of anilines is 1. The van der Waals surface area contributed by atoms with Crippen LogP contribution in [0.5, 0.6) is 0 Å². The van der Waals surface area contributed by atoms with Crippen LogP contribution in [0.2, 0.25) is 0 Å². The fourth-order valence-electron chi connectivity index (χ4n) is 2.96. The smallest absolute Gasteiger partial charge is 0.243 e. The average molecular weight is 341 g/mol. The molecule has 1 fully saturated rings. The zero-order chi connectivity index (χ0) is 17.0. The first-order valence-corrected chi connectivity index (χ1v) is 9.36. The lowest BCUT2D eigenvalue weighted by Gasteiger charge is -2.24. The summed E-state index contributed by atoms with van der Waals surface area (Å²) in [5.74, 6) is 0. The molecule has 0 N–H and O–H groups in total. The van der Waals surface area contributed by atoms with Crippen molar-refractivity contribution in [3.05, 3.63) is 60.2 Å². The van der Waals surface area contributed by atoms with Crippen LogP contribution >= 0.6 is 0 Å². The van der Waals surface area contributed by atoms with Crippen LogP contribution in [0.3, 0.4) is 0 Å². The Labute approximate surface area is 142 Å². The molecule has 1 aliphatic heterocycles. The van der Waals surface area contributed by atoms with Crippen LogP contribution in [-0.2, 0) is 10.0 Å². The lowest BCUT2D eigenvalue weighted by atomic mass is 10.1. The van der Waals surface area contributed by atoms with E-state index in [-0.39, 0.29) is 0 Å². The van der Waals surface area contributed by atoms with Gasteiger partial charge >= 0.3 is 0 Å². The quantitative estimate of drug-likeness (QED) is 0.860. The Hall–Kier alpha value is -2.36. The highest BCUT2D eigenvalue weighted by atomic mass is 32.2. The summed E-state index contributed by atoms with van der Waals surface area (Å²) in [6.07, 6.45) is 0.728. The molecule has 0 amide bonds. The van der Waals surface area contributed by atoms with Crippen molar-refractivity contribution in [2.24, 2.45) is 0 Å². The van der Waals surface area contributed by atoms with Gasteiger partial charge < -0.3 is 4.90 Å². The van der Waals surface area contributed by atoms with Crippen LogP contribution < -0.4 is 4.90 Å². The first-order chi connectivity index (χ1) is 11.6. The maximum atomic E-state index is 12.8. The van der Waals surface area contributed by atoms with E-state index in [2.05, 4.69) is 11.0 Å². The molecule has 0 atom stereocenters. The van der Waals surface area contributed by atoms with Crippen LogP contribution in [0.4, 0.5) is 5.69 Å². The third-order valence-corrected chi connectivity index (χ3v) is 6.11. The van der Waals surface area contributed by atoms with Crippen molar-refractivity contribution in [3.63, 3.8) is 0 Å². The summed E-state index contributed by atoms with van der Waals surface area (Å²) >= 11 is 0. The first-order valence-electron chi connectivity index (χ1n) is 7.92. The maximum Gasteiger partial charge on any atom is 0.243 e. The number of nitriles is 1. The van der Waals surface area contributed by atoms with Crippen LogP contribution in [-0.4, -0.2) is 38.9 Å². The second-order valence-corrected chi connectivity index (χ2v) is 7.62. The first kappa shape index (κ1) is 16.5. The molecule has 0 aliphatic carbocycles. The molecule has 0 saturated carbocycles. The monoisotopic (exact) mass is 341 g/mol. The lowest BCUT2D eigenvalue weighted by molar-refractivity contribution is 0.433. The van der Waals surface area contributed by atoms with Crippen molar-refractivity contribution in [2.75, 3.05) is 31.1 Å². The van der Waals surface area contributed by atoms with E-state index in [9.17, 15) is 13.7 Å². The van der Waals surface area contributed by atoms with Crippen molar-refractivity contribution in [2.45, 2.75) is 11.3 Å². The summed E-state index contributed by atoms with van der Waals surface area (Å²) in [5, 5.41) is 9.27. The van der Waals surface area contributed by atoms with Gasteiger partial charge in [0.25, 0.3) is 0 Å². The Balaban J connectivity index is 1.80. The molecule has 24 heavy (non-hydrogen) atoms. The number of hydrogen-bond donors (Lipinski definition) is 0. The summed E-state index contributed by atoms with van der Waals surface area (Å²) in [5.41, 5.74) is 1.50. The molecule has 0 radical (unpaired) electrons. The number of nitrogens with zero attached hydrogens (tertiary/aromatic N) is 3. The minimum atomic E-state index is -3.47. The summed E-state index contributed by atoms with van der Waals surface area (Å²) < 4.78 is 27.1. The molecule has 0 spiro atoms. The van der Waals surface area contributed by atoms with Gasteiger partial charge in [-0.05, 0) is 30.7 Å². The van der Waals surface area contributed by atoms with Gasteiger partial charge in [-0.15, -0.1) is 0 Å². The van der Waals surface area contributed by atoms with Gasteiger partial charge in [0.1, 0.15) is 6.07 Å². The minimum absolute atomic E-state index is 0.330. The third-order valence-electron chi connectivity index (χ3n) is 4.20. The number of rotatable bonds is 3. The van der Waals surface area contributed by atoms with E-state index in [1.165, 1.54) is 4.31 Å². The fraction of sp³-hybridized carbons (Fsp3) is 0.278. The molecule has 0 aromatic heterocycles. The molecule has 2 aromatic rings. The van der Waals surface area contributed by atoms with Gasteiger partial charge in [0.2, 0.25) is 10.0 Å². The number of benzene rings is 2. The number of hydrogen-bond acceptors (Lipinski definition) is 4. The molecule has 1 saturated heterocycles. The van der Waals surface area contributed by atoms with E-state index in [0.29, 0.717) is 30.1 Å². The second kappa shape index (κ2) is 7.04. The Kier molecular flexibility index (Phi) is 4.84. The largest absolute Gasteiger partial charge is 0.369 e. The van der Waals surface area contributed by atoms with Gasteiger partial charge in [0.15, 0.2) is 0 Å². The zero-order valence-electron chi connectivity index (χ0n) is 13.3. The summed E-state index contributed by atoms with van der Waals surface area (Å²) in [6.45, 7) is 2.21. The third kappa shape index (κ3) is 3.28. The Morgan fingerprint density at radius 2 is 1.58 bits per heavy atom. The fourth-order valence-corrected chi connectivity index (χ4v) is 4.45. The van der Waals surface area contributed by atoms with Crippen molar-refractivity contribution in [3.8, 4) is 6.07 Å². The highest BCUT2D eigenvalue weighted by Gasteiger charge is 2.27. The maximum absolute atomic E-state index is 12.8. The van der Waals surface area contributed by atoms with E-state index in [0.717, 1.165) is 18.7 Å². The van der Waals surface area contributed by atoms with E-state index in [4.69, 9.17) is 0 Å². The Morgan fingerprint density at radius 3 is 2.33 bits per heavy atom. The lowest BCUT2D eigenvalue weighted by Crippen LogP contribution is -2.35. The summed E-state index contributed by atoms with van der Waals surface area (Å²) in [4.78, 5) is 2.43. The molecule has 0 unspecified atom stereocenters. The standard InChI is InChI=1S/C18H19N3O2S/c19-15-16-7-4-5-10-18(16)20-11-6-12-21(14-13-20)24(22,23)17-8-2-1-3-9-17/h1-5,7-10H,6,11-14H2. The Morgan fingerprint density at radius 1 is 0.875 bits per heavy atom. The zero-order valence-corrected chi connectivity index (χ0v) is 14.1. The summed E-state index contributed by atoms with van der Waals surface area (Å²) in [7, 11) is -3.47.